The van der Waals surface area contributed by atoms with E-state index in [-0.39, 0.29) is 44.7 Å². The number of rotatable bonds is 48. The van der Waals surface area contributed by atoms with Gasteiger partial charge in [-0.25, -0.2) is 4.85 Å². The first-order valence-electron chi connectivity index (χ1n) is 54.0. The molecule has 0 saturated heterocycles. The van der Waals surface area contributed by atoms with Gasteiger partial charge < -0.3 is 9.47 Å². The Morgan fingerprint density at radius 2 is 0.459 bits per heavy atom. The van der Waals surface area contributed by atoms with E-state index in [1.54, 1.807) is 71.6 Å². The molecular weight excluding hydrogens is 1850 g/mol. The zero-order valence-electron chi connectivity index (χ0n) is 87.0. The van der Waals surface area contributed by atoms with Gasteiger partial charge in [0, 0.05) is 38.5 Å². The number of non-ortho nitro benzene ring substituents is 2. The lowest BCUT2D eigenvalue weighted by atomic mass is 9.95. The minimum absolute atomic E-state index is 0.0315. The predicted molar refractivity (Wildman–Crippen MR) is 602 cm³/mol. The molecule has 0 atom stereocenters. The van der Waals surface area contributed by atoms with Crippen molar-refractivity contribution in [3.8, 4) is 73.6 Å². The van der Waals surface area contributed by atoms with E-state index in [1.807, 2.05) is 90.4 Å². The molecular formula is C126H136N10O12. The molecule has 0 unspecified atom stereocenters. The Morgan fingerprint density at radius 1 is 0.270 bits per heavy atom. The monoisotopic (exact) mass is 1980 g/mol. The second kappa shape index (κ2) is 50.0. The fourth-order valence-electron chi connectivity index (χ4n) is 22.2. The molecule has 6 aromatic carbocycles. The first-order chi connectivity index (χ1) is 72.3. The molecule has 0 radical (unpaired) electrons. The maximum atomic E-state index is 15.0. The first-order valence-corrected chi connectivity index (χ1v) is 54.0. The molecule has 0 fully saturated rings. The van der Waals surface area contributed by atoms with Gasteiger partial charge in [0.05, 0.1) is 141 Å². The minimum Gasteiger partial charge on any atom is -0.380 e. The molecule has 0 bridgehead atoms. The average molecular weight is 1980 g/mol. The number of fused-ring (bicyclic) bond motifs is 9. The van der Waals surface area contributed by atoms with Crippen LogP contribution in [0, 0.1) is 38.1 Å². The normalized spacial score (nSPS) is 11.6. The molecule has 0 saturated carbocycles. The van der Waals surface area contributed by atoms with Crippen molar-refractivity contribution in [3.05, 3.63) is 362 Å². The lowest BCUT2D eigenvalue weighted by Crippen LogP contribution is -2.25. The molecule has 762 valence electrons. The van der Waals surface area contributed by atoms with Gasteiger partial charge in [0.25, 0.3) is 44.7 Å². The number of unbranched alkanes of at least 4 members (excludes halogenated alkanes) is 24. The molecule has 12 heterocycles. The van der Waals surface area contributed by atoms with Gasteiger partial charge in [-0.1, -0.05) is 281 Å². The summed E-state index contributed by atoms with van der Waals surface area (Å²) in [4.78, 5) is 115. The molecule has 0 aliphatic rings. The summed E-state index contributed by atoms with van der Waals surface area (Å²) in [5.41, 5.74) is 21.8. The summed E-state index contributed by atoms with van der Waals surface area (Å²) in [6.45, 7) is 21.7. The second-order valence-electron chi connectivity index (χ2n) is 39.8. The van der Waals surface area contributed by atoms with Crippen LogP contribution in [0.25, 0.3) is 138 Å². The van der Waals surface area contributed by atoms with Crippen LogP contribution >= 0.6 is 0 Å². The highest BCUT2D eigenvalue weighted by Gasteiger charge is 2.31. The Kier molecular flexibility index (Phi) is 35.8. The second-order valence-corrected chi connectivity index (χ2v) is 39.8. The van der Waals surface area contributed by atoms with Gasteiger partial charge >= 0.3 is 0 Å². The summed E-state index contributed by atoms with van der Waals surface area (Å²) in [6.07, 6.45) is 36.6. The number of nitro groups is 2. The number of hydrogen-bond acceptors (Lipinski definition) is 13. The van der Waals surface area contributed by atoms with Crippen LogP contribution in [0.3, 0.4) is 0 Å². The van der Waals surface area contributed by atoms with Crippen molar-refractivity contribution in [2.75, 3.05) is 14.2 Å². The number of nitro benzene ring substituents is 2. The van der Waals surface area contributed by atoms with Crippen LogP contribution in [-0.2, 0) is 61.2 Å². The largest absolute Gasteiger partial charge is 0.380 e. The summed E-state index contributed by atoms with van der Waals surface area (Å²) in [5.74, 6) is 0. The third-order valence-electron chi connectivity index (χ3n) is 29.9. The van der Waals surface area contributed by atoms with Crippen LogP contribution in [0.4, 0.5) is 17.1 Å². The van der Waals surface area contributed by atoms with Crippen LogP contribution < -0.4 is 33.4 Å². The van der Waals surface area contributed by atoms with Crippen LogP contribution in [0.5, 0.6) is 0 Å². The van der Waals surface area contributed by atoms with Crippen LogP contribution in [0.15, 0.2) is 247 Å². The van der Waals surface area contributed by atoms with Crippen molar-refractivity contribution >= 4 is 82.5 Å². The Bertz CT molecular complexity index is 7740. The molecule has 0 aliphatic heterocycles. The van der Waals surface area contributed by atoms with E-state index in [0.717, 1.165) is 266 Å². The van der Waals surface area contributed by atoms with Crippen molar-refractivity contribution in [2.45, 2.75) is 286 Å². The van der Waals surface area contributed by atoms with E-state index < -0.39 is 9.85 Å². The molecule has 0 spiro atoms. The highest BCUT2D eigenvalue weighted by molar-refractivity contribution is 6.01. The van der Waals surface area contributed by atoms with Crippen LogP contribution in [-0.4, -0.2) is 50.5 Å². The average Bonchev–Trinajstić information content (AvgIpc) is 1.36. The number of aryl methyl sites for hydroxylation is 6. The maximum absolute atomic E-state index is 15.0. The molecule has 22 heteroatoms. The van der Waals surface area contributed by atoms with Crippen molar-refractivity contribution in [2.24, 2.45) is 0 Å². The zero-order chi connectivity index (χ0) is 104. The Balaban J connectivity index is 0.000000158. The number of nitriles is 1. The summed E-state index contributed by atoms with van der Waals surface area (Å²) in [7, 11) is 3.39. The van der Waals surface area contributed by atoms with Crippen LogP contribution in [0.2, 0.25) is 0 Å². The highest BCUT2D eigenvalue weighted by Crippen LogP contribution is 2.41. The lowest BCUT2D eigenvalue weighted by molar-refractivity contribution is -0.385. The SMILES string of the molecule is CCCCCCCc1c2c(=O)n3c(-c4ccc(COC)cc4)ccc3c(CCCCCCC)c2c(=O)n2c(-c3ccc(COC)cc3)ccc12.CCCCCCCc1c2c(=O)n3c(-c4ccc([N+](=O)[O-])cc4)ccc3c(CCCCCCC)c2c(=O)n2c(-c3ccc([N+](=O)[O-])cc3)ccc12.[C-]#[N+]c1ccc(-c2ccc3c(CCCCCCC)c4c(=O)n5c(-c6ccc(C#N)cc6)ccc5c(CCCCCCC)c4c(=O)n23)cc1. The van der Waals surface area contributed by atoms with Gasteiger partial charge in [-0.3, -0.25) is 75.4 Å². The quantitative estimate of drug-likeness (QED) is 0.0149. The topological polar surface area (TPSA) is 262 Å². The third kappa shape index (κ3) is 22.4. The highest BCUT2D eigenvalue weighted by atomic mass is 16.6. The van der Waals surface area contributed by atoms with E-state index >= 15 is 0 Å². The van der Waals surface area contributed by atoms with Crippen molar-refractivity contribution in [1.82, 2.24) is 26.4 Å². The molecule has 148 heavy (non-hydrogen) atoms. The number of nitrogens with zero attached hydrogens (tertiary/aromatic N) is 10. The molecule has 0 aliphatic carbocycles. The summed E-state index contributed by atoms with van der Waals surface area (Å²) in [6, 6.07) is 69.5. The van der Waals surface area contributed by atoms with Gasteiger partial charge in [0.2, 0.25) is 0 Å². The van der Waals surface area contributed by atoms with Crippen molar-refractivity contribution in [3.63, 3.8) is 0 Å². The summed E-state index contributed by atoms with van der Waals surface area (Å²) >= 11 is 0. The van der Waals surface area contributed by atoms with Gasteiger partial charge in [0.1, 0.15) is 0 Å². The number of pyridine rings is 6. The molecule has 0 amide bonds. The lowest BCUT2D eigenvalue weighted by Gasteiger charge is -2.16. The summed E-state index contributed by atoms with van der Waals surface area (Å²) in [5, 5.41) is 35.3. The number of benzene rings is 6. The maximum Gasteiger partial charge on any atom is 0.269 e. The molecule has 18 rings (SSSR count). The molecule has 18 aromatic rings. The van der Waals surface area contributed by atoms with Gasteiger partial charge in [0.15, 0.2) is 5.69 Å². The smallest absolute Gasteiger partial charge is 0.269 e. The van der Waals surface area contributed by atoms with E-state index in [0.29, 0.717) is 116 Å². The first kappa shape index (κ1) is 106. The minimum atomic E-state index is -0.445. The van der Waals surface area contributed by atoms with Crippen molar-refractivity contribution in [1.29, 1.82) is 5.26 Å². The van der Waals surface area contributed by atoms with E-state index in [9.17, 15) is 54.3 Å². The Hall–Kier alpha value is -14.8. The van der Waals surface area contributed by atoms with E-state index in [2.05, 4.69) is 125 Å². The van der Waals surface area contributed by atoms with Crippen LogP contribution in [0.1, 0.15) is 284 Å². The van der Waals surface area contributed by atoms with Gasteiger partial charge in [-0.2, -0.15) is 5.26 Å². The third-order valence-corrected chi connectivity index (χ3v) is 29.9. The standard InChI is InChI=1S/C44H52N2O4.C42H42N4O2.C40H42N4O6/c1-5-7-9-11-13-15-35-39-27-25-37(33-21-17-31(18-22-33)29-49-3)45(39)44(48)42-36(16-14-12-10-8-6-2)40-28-26-38(46(40)43(47)41(35)42)34-23-19-32(20-24-34)30-50-4;1-4-6-8-10-12-14-33-37-26-24-35(30-18-16-29(28-43)17-19-30)45(37)41(47)39-34(15-13-11-9-7-5-2)38-27-25-36(46(38)42(48)40(33)39)31-20-22-32(44-3)23-21-31;1-3-5-7-9-11-13-31-35-25-23-33(27-15-19-29(20-16-27)43(47)48)41(35)40(46)38-32(14-12-10-8-6-4-2)36-26-24-34(42(36)39(45)37(31)38)28-17-21-30(22-18-28)44(49)50/h17-28H,5-16,29-30H2,1-4H3;16-27H,4-15H2,1-2H3;15-26H,3-14H2,1-2H3. The Labute approximate surface area is 864 Å². The molecule has 22 nitrogen and oxygen atoms in total. The van der Waals surface area contributed by atoms with E-state index in [4.69, 9.17) is 16.0 Å². The summed E-state index contributed by atoms with van der Waals surface area (Å²) < 4.78 is 21.5. The molecule has 0 N–H and O–H groups in total. The van der Waals surface area contributed by atoms with E-state index in [1.165, 1.54) is 75.6 Å². The fraction of sp³-hybridized carbons (Fsp3) is 0.365. The van der Waals surface area contributed by atoms with Gasteiger partial charge in [-0.05, 0) is 264 Å². The Morgan fingerprint density at radius 3 is 0.642 bits per heavy atom. The fourth-order valence-corrected chi connectivity index (χ4v) is 22.2. The molecule has 12 aromatic heterocycles. The number of ether oxygens (including phenoxy) is 2. The van der Waals surface area contributed by atoms with Crippen molar-refractivity contribution < 1.29 is 19.3 Å². The number of aromatic nitrogens is 6. The zero-order valence-corrected chi connectivity index (χ0v) is 87.0. The predicted octanol–water partition coefficient (Wildman–Crippen LogP) is 30.1. The van der Waals surface area contributed by atoms with Gasteiger partial charge in [-0.15, -0.1) is 0 Å². The number of hydrogen-bond donors (Lipinski definition) is 0. The number of methoxy groups -OCH3 is 2.